The molecule has 6 aromatic carbocycles. The van der Waals surface area contributed by atoms with Crippen LogP contribution < -0.4 is 9.80 Å². The molecular weight excluding hydrogens is 602 g/mol. The Morgan fingerprint density at radius 3 is 0.595 bits per heavy atom. The lowest BCUT2D eigenvalue weighted by molar-refractivity contribution is 1.28. The van der Waals surface area contributed by atoms with E-state index in [4.69, 9.17) is 46.4 Å². The van der Waals surface area contributed by atoms with E-state index in [-0.39, 0.29) is 0 Å². The number of rotatable bonds is 7. The van der Waals surface area contributed by atoms with Gasteiger partial charge in [-0.1, -0.05) is 70.7 Å². The maximum absolute atomic E-state index is 6.18. The van der Waals surface area contributed by atoms with Crippen LogP contribution in [0.3, 0.4) is 0 Å². The van der Waals surface area contributed by atoms with Gasteiger partial charge in [-0.2, -0.15) is 0 Å². The van der Waals surface area contributed by atoms with E-state index in [1.165, 1.54) is 0 Å². The van der Waals surface area contributed by atoms with Crippen LogP contribution in [0.1, 0.15) is 0 Å². The zero-order valence-electron chi connectivity index (χ0n) is 22.3. The van der Waals surface area contributed by atoms with Crippen molar-refractivity contribution in [2.24, 2.45) is 0 Å². The molecule has 0 radical (unpaired) electrons. The van der Waals surface area contributed by atoms with Crippen LogP contribution in [0.4, 0.5) is 34.1 Å². The van der Waals surface area contributed by atoms with Crippen molar-refractivity contribution in [3.8, 4) is 11.1 Å². The first-order valence-corrected chi connectivity index (χ1v) is 14.8. The maximum atomic E-state index is 6.18. The van der Waals surface area contributed by atoms with Gasteiger partial charge in [0.1, 0.15) is 0 Å². The zero-order chi connectivity index (χ0) is 29.1. The van der Waals surface area contributed by atoms with Crippen LogP contribution in [-0.2, 0) is 0 Å². The monoisotopic (exact) mass is 624 g/mol. The van der Waals surface area contributed by atoms with Gasteiger partial charge in [0.05, 0.1) is 0 Å². The molecule has 0 heterocycles. The Morgan fingerprint density at radius 2 is 0.405 bits per heavy atom. The molecule has 6 aromatic rings. The molecule has 0 bridgehead atoms. The minimum atomic E-state index is 0.694. The molecule has 6 heteroatoms. The minimum absolute atomic E-state index is 0.694. The highest BCUT2D eigenvalue weighted by Gasteiger charge is 2.15. The van der Waals surface area contributed by atoms with Crippen molar-refractivity contribution in [2.45, 2.75) is 0 Å². The topological polar surface area (TPSA) is 6.48 Å². The molecule has 206 valence electrons. The Hall–Kier alpha value is -3.92. The summed E-state index contributed by atoms with van der Waals surface area (Å²) < 4.78 is 0. The van der Waals surface area contributed by atoms with Crippen molar-refractivity contribution in [2.75, 3.05) is 9.80 Å². The number of hydrogen-bond donors (Lipinski definition) is 0. The van der Waals surface area contributed by atoms with Gasteiger partial charge in [0.2, 0.25) is 0 Å². The molecule has 2 nitrogen and oxygen atoms in total. The van der Waals surface area contributed by atoms with E-state index in [2.05, 4.69) is 58.3 Å². The van der Waals surface area contributed by atoms with Gasteiger partial charge in [-0.3, -0.25) is 0 Å². The number of halogens is 4. The van der Waals surface area contributed by atoms with Gasteiger partial charge in [-0.05, 0) is 132 Å². The van der Waals surface area contributed by atoms with E-state index in [0.29, 0.717) is 20.1 Å². The molecule has 0 saturated carbocycles. The van der Waals surface area contributed by atoms with E-state index in [1.54, 1.807) is 0 Å². The van der Waals surface area contributed by atoms with Crippen LogP contribution in [0.25, 0.3) is 11.1 Å². The fraction of sp³-hybridized carbons (Fsp3) is 0. The molecule has 0 N–H and O–H groups in total. The minimum Gasteiger partial charge on any atom is -0.311 e. The number of hydrogen-bond acceptors (Lipinski definition) is 2. The van der Waals surface area contributed by atoms with Gasteiger partial charge in [-0.25, -0.2) is 0 Å². The van der Waals surface area contributed by atoms with Crippen molar-refractivity contribution < 1.29 is 0 Å². The van der Waals surface area contributed by atoms with Gasteiger partial charge in [-0.15, -0.1) is 0 Å². The quantitative estimate of drug-likeness (QED) is 0.174. The molecule has 0 fully saturated rings. The SMILES string of the molecule is Clc1ccc(N(c2ccc(Cl)cc2)c2ccc(-c3ccc(N(c4ccc(Cl)cc4)c4ccc(Cl)cc4)cc3)cc2)cc1. The lowest BCUT2D eigenvalue weighted by Crippen LogP contribution is -2.10. The van der Waals surface area contributed by atoms with Crippen LogP contribution >= 0.6 is 46.4 Å². The Kier molecular flexibility index (Phi) is 8.41. The molecule has 0 unspecified atom stereocenters. The zero-order valence-corrected chi connectivity index (χ0v) is 25.3. The third-order valence-electron chi connectivity index (χ3n) is 6.92. The largest absolute Gasteiger partial charge is 0.311 e. The van der Waals surface area contributed by atoms with Gasteiger partial charge in [0.15, 0.2) is 0 Å². The molecular formula is C36H24Cl4N2. The smallest absolute Gasteiger partial charge is 0.0462 e. The molecule has 0 saturated heterocycles. The van der Waals surface area contributed by atoms with Crippen molar-refractivity contribution in [1.82, 2.24) is 0 Å². The third kappa shape index (κ3) is 6.28. The summed E-state index contributed by atoms with van der Waals surface area (Å²) in [6.45, 7) is 0. The summed E-state index contributed by atoms with van der Waals surface area (Å²) in [5.41, 5.74) is 8.29. The average Bonchev–Trinajstić information content (AvgIpc) is 3.02. The summed E-state index contributed by atoms with van der Waals surface area (Å²) in [4.78, 5) is 4.35. The summed E-state index contributed by atoms with van der Waals surface area (Å²) in [5, 5.41) is 2.78. The highest BCUT2D eigenvalue weighted by atomic mass is 35.5. The summed E-state index contributed by atoms with van der Waals surface area (Å²) in [6.07, 6.45) is 0. The highest BCUT2D eigenvalue weighted by Crippen LogP contribution is 2.39. The summed E-state index contributed by atoms with van der Waals surface area (Å²) >= 11 is 24.7. The highest BCUT2D eigenvalue weighted by molar-refractivity contribution is 6.31. The Bertz CT molecular complexity index is 1540. The van der Waals surface area contributed by atoms with E-state index in [1.807, 2.05) is 97.1 Å². The first-order valence-electron chi connectivity index (χ1n) is 13.3. The third-order valence-corrected chi connectivity index (χ3v) is 7.93. The lowest BCUT2D eigenvalue weighted by Gasteiger charge is -2.26. The van der Waals surface area contributed by atoms with E-state index < -0.39 is 0 Å². The van der Waals surface area contributed by atoms with Gasteiger partial charge < -0.3 is 9.80 Å². The predicted molar refractivity (Wildman–Crippen MR) is 181 cm³/mol. The van der Waals surface area contributed by atoms with Gasteiger partial charge in [0.25, 0.3) is 0 Å². The van der Waals surface area contributed by atoms with Crippen LogP contribution in [0.2, 0.25) is 20.1 Å². The molecule has 6 rings (SSSR count). The molecule has 0 aliphatic carbocycles. The predicted octanol–water partition coefficient (Wildman–Crippen LogP) is 12.9. The molecule has 0 aliphatic heterocycles. The maximum Gasteiger partial charge on any atom is 0.0462 e. The average molecular weight is 626 g/mol. The Morgan fingerprint density at radius 1 is 0.238 bits per heavy atom. The second-order valence-electron chi connectivity index (χ2n) is 9.67. The van der Waals surface area contributed by atoms with Gasteiger partial charge >= 0.3 is 0 Å². The van der Waals surface area contributed by atoms with Gasteiger partial charge in [0, 0.05) is 54.2 Å². The van der Waals surface area contributed by atoms with Crippen LogP contribution in [0.15, 0.2) is 146 Å². The van der Waals surface area contributed by atoms with Crippen LogP contribution in [-0.4, -0.2) is 0 Å². The number of anilines is 6. The second kappa shape index (κ2) is 12.5. The first-order chi connectivity index (χ1) is 20.4. The Balaban J connectivity index is 1.31. The van der Waals surface area contributed by atoms with Crippen LogP contribution in [0, 0.1) is 0 Å². The summed E-state index contributed by atoms with van der Waals surface area (Å²) in [6, 6.07) is 48.3. The molecule has 0 aromatic heterocycles. The lowest BCUT2D eigenvalue weighted by atomic mass is 10.0. The number of nitrogens with zero attached hydrogens (tertiary/aromatic N) is 2. The Labute approximate surface area is 265 Å². The van der Waals surface area contributed by atoms with Crippen molar-refractivity contribution in [1.29, 1.82) is 0 Å². The standard InChI is InChI=1S/C36H24Cl4N2/c37-27-5-17-33(18-6-27)41(34-19-7-28(38)8-20-34)31-13-1-25(2-14-31)26-3-15-32(16-4-26)42(35-21-9-29(39)10-22-35)36-23-11-30(40)12-24-36/h1-24H. The summed E-state index contributed by atoms with van der Waals surface area (Å²) in [5.74, 6) is 0. The first kappa shape index (κ1) is 28.2. The van der Waals surface area contributed by atoms with Crippen molar-refractivity contribution in [3.63, 3.8) is 0 Å². The molecule has 0 spiro atoms. The van der Waals surface area contributed by atoms with E-state index >= 15 is 0 Å². The van der Waals surface area contributed by atoms with Crippen molar-refractivity contribution in [3.05, 3.63) is 166 Å². The fourth-order valence-corrected chi connectivity index (χ4v) is 5.36. The van der Waals surface area contributed by atoms with Crippen molar-refractivity contribution >= 4 is 80.5 Å². The molecule has 42 heavy (non-hydrogen) atoms. The second-order valence-corrected chi connectivity index (χ2v) is 11.4. The fourth-order valence-electron chi connectivity index (χ4n) is 4.86. The molecule has 0 amide bonds. The normalized spacial score (nSPS) is 10.9. The molecule has 0 aliphatic rings. The van der Waals surface area contributed by atoms with E-state index in [0.717, 1.165) is 45.3 Å². The number of benzene rings is 6. The van der Waals surface area contributed by atoms with E-state index in [9.17, 15) is 0 Å². The molecule has 0 atom stereocenters. The summed E-state index contributed by atoms with van der Waals surface area (Å²) in [7, 11) is 0. The van der Waals surface area contributed by atoms with Crippen LogP contribution in [0.5, 0.6) is 0 Å².